The number of rotatable bonds is 7. The number of aliphatic hydroxyl groups is 2. The van der Waals surface area contributed by atoms with Gasteiger partial charge < -0.3 is 19.7 Å². The predicted octanol–water partition coefficient (Wildman–Crippen LogP) is 2.52. The van der Waals surface area contributed by atoms with Crippen LogP contribution in [0.3, 0.4) is 0 Å². The van der Waals surface area contributed by atoms with Gasteiger partial charge in [0.15, 0.2) is 0 Å². The molecule has 0 saturated carbocycles. The topological polar surface area (TPSA) is 58.9 Å². The number of hydrogen-bond acceptors (Lipinski definition) is 4. The molecule has 0 aliphatic rings. The highest BCUT2D eigenvalue weighted by atomic mass is 16.5. The molecule has 2 aromatic rings. The fourth-order valence-corrected chi connectivity index (χ4v) is 1.93. The first-order valence-corrected chi connectivity index (χ1v) is 6.90. The molecule has 0 aliphatic heterocycles. The van der Waals surface area contributed by atoms with E-state index in [0.717, 1.165) is 11.1 Å². The smallest absolute Gasteiger partial charge is 0.130 e. The Morgan fingerprint density at radius 1 is 0.905 bits per heavy atom. The van der Waals surface area contributed by atoms with Crippen molar-refractivity contribution in [2.75, 3.05) is 6.61 Å². The zero-order valence-corrected chi connectivity index (χ0v) is 12.0. The Morgan fingerprint density at radius 3 is 2.10 bits per heavy atom. The molecule has 1 atom stereocenters. The standard InChI is InChI=1S/C17H20O4/c1-13(21-17-7-3-5-15(9-17)11-19)12-20-16-6-2-4-14(8-16)10-18/h2-9,13,18-19H,10-12H2,1H3. The molecule has 0 fully saturated rings. The van der Waals surface area contributed by atoms with Crippen LogP contribution in [0, 0.1) is 0 Å². The number of benzene rings is 2. The van der Waals surface area contributed by atoms with Gasteiger partial charge in [-0.2, -0.15) is 0 Å². The van der Waals surface area contributed by atoms with Gasteiger partial charge in [0.05, 0.1) is 13.2 Å². The summed E-state index contributed by atoms with van der Waals surface area (Å²) < 4.78 is 11.4. The highest BCUT2D eigenvalue weighted by Gasteiger charge is 2.06. The molecule has 0 saturated heterocycles. The van der Waals surface area contributed by atoms with E-state index in [0.29, 0.717) is 18.1 Å². The second-order valence-corrected chi connectivity index (χ2v) is 4.85. The summed E-state index contributed by atoms with van der Waals surface area (Å²) in [6.07, 6.45) is -0.128. The highest BCUT2D eigenvalue weighted by Crippen LogP contribution is 2.17. The van der Waals surface area contributed by atoms with E-state index in [4.69, 9.17) is 19.7 Å². The van der Waals surface area contributed by atoms with Gasteiger partial charge in [0.25, 0.3) is 0 Å². The van der Waals surface area contributed by atoms with Gasteiger partial charge in [-0.3, -0.25) is 0 Å². The second kappa shape index (κ2) is 7.67. The minimum absolute atomic E-state index is 0.00277. The van der Waals surface area contributed by atoms with E-state index in [1.807, 2.05) is 49.4 Å². The van der Waals surface area contributed by atoms with E-state index in [-0.39, 0.29) is 19.3 Å². The van der Waals surface area contributed by atoms with Crippen molar-refractivity contribution in [2.24, 2.45) is 0 Å². The molecule has 0 bridgehead atoms. The lowest BCUT2D eigenvalue weighted by Gasteiger charge is -2.16. The second-order valence-electron chi connectivity index (χ2n) is 4.85. The SMILES string of the molecule is CC(COc1cccc(CO)c1)Oc1cccc(CO)c1. The molecule has 2 rings (SSSR count). The lowest BCUT2D eigenvalue weighted by molar-refractivity contribution is 0.142. The quantitative estimate of drug-likeness (QED) is 0.822. The van der Waals surface area contributed by atoms with Crippen LogP contribution in [-0.2, 0) is 13.2 Å². The molecule has 0 radical (unpaired) electrons. The van der Waals surface area contributed by atoms with Gasteiger partial charge in [-0.15, -0.1) is 0 Å². The van der Waals surface area contributed by atoms with Crippen molar-refractivity contribution in [3.8, 4) is 11.5 Å². The third-order valence-corrected chi connectivity index (χ3v) is 2.98. The largest absolute Gasteiger partial charge is 0.490 e. The Balaban J connectivity index is 1.87. The first-order valence-electron chi connectivity index (χ1n) is 6.90. The molecule has 112 valence electrons. The molecular formula is C17H20O4. The third kappa shape index (κ3) is 4.77. The van der Waals surface area contributed by atoms with Gasteiger partial charge in [0.1, 0.15) is 24.2 Å². The maximum atomic E-state index is 9.10. The van der Waals surface area contributed by atoms with Crippen molar-refractivity contribution >= 4 is 0 Å². The van der Waals surface area contributed by atoms with E-state index in [1.165, 1.54) is 0 Å². The number of hydrogen-bond donors (Lipinski definition) is 2. The van der Waals surface area contributed by atoms with E-state index >= 15 is 0 Å². The zero-order valence-electron chi connectivity index (χ0n) is 12.0. The van der Waals surface area contributed by atoms with Crippen LogP contribution in [0.25, 0.3) is 0 Å². The average molecular weight is 288 g/mol. The molecule has 0 heterocycles. The van der Waals surface area contributed by atoms with Gasteiger partial charge >= 0.3 is 0 Å². The maximum Gasteiger partial charge on any atom is 0.130 e. The van der Waals surface area contributed by atoms with E-state index in [2.05, 4.69) is 0 Å². The summed E-state index contributed by atoms with van der Waals surface area (Å²) in [5, 5.41) is 18.2. The van der Waals surface area contributed by atoms with Crippen LogP contribution in [0.1, 0.15) is 18.1 Å². The van der Waals surface area contributed by atoms with Crippen molar-refractivity contribution in [1.29, 1.82) is 0 Å². The normalized spacial score (nSPS) is 12.0. The van der Waals surface area contributed by atoms with E-state index < -0.39 is 0 Å². The van der Waals surface area contributed by atoms with E-state index in [9.17, 15) is 0 Å². The summed E-state index contributed by atoms with van der Waals surface area (Å²) in [6, 6.07) is 14.7. The molecule has 0 amide bonds. The Bertz CT molecular complexity index is 568. The molecule has 1 unspecified atom stereocenters. The van der Waals surface area contributed by atoms with Crippen molar-refractivity contribution in [2.45, 2.75) is 26.2 Å². The Morgan fingerprint density at radius 2 is 1.48 bits per heavy atom. The maximum absolute atomic E-state index is 9.10. The molecule has 2 aromatic carbocycles. The first-order chi connectivity index (χ1) is 10.2. The summed E-state index contributed by atoms with van der Waals surface area (Å²) >= 11 is 0. The third-order valence-electron chi connectivity index (χ3n) is 2.98. The summed E-state index contributed by atoms with van der Waals surface area (Å²) in [7, 11) is 0. The van der Waals surface area contributed by atoms with Crippen LogP contribution >= 0.6 is 0 Å². The molecule has 2 N–H and O–H groups in total. The number of aliphatic hydroxyl groups excluding tert-OH is 2. The van der Waals surface area contributed by atoms with Crippen molar-refractivity contribution in [3.63, 3.8) is 0 Å². The van der Waals surface area contributed by atoms with Crippen LogP contribution in [-0.4, -0.2) is 22.9 Å². The Kier molecular flexibility index (Phi) is 5.60. The monoisotopic (exact) mass is 288 g/mol. The van der Waals surface area contributed by atoms with Crippen LogP contribution in [0.2, 0.25) is 0 Å². The minimum atomic E-state index is -0.128. The van der Waals surface area contributed by atoms with Crippen LogP contribution < -0.4 is 9.47 Å². The molecule has 0 aliphatic carbocycles. The van der Waals surface area contributed by atoms with Crippen molar-refractivity contribution in [3.05, 3.63) is 59.7 Å². The Hall–Kier alpha value is -2.04. The molecule has 21 heavy (non-hydrogen) atoms. The lowest BCUT2D eigenvalue weighted by Crippen LogP contribution is -2.21. The molecule has 4 heteroatoms. The fourth-order valence-electron chi connectivity index (χ4n) is 1.93. The lowest BCUT2D eigenvalue weighted by atomic mass is 10.2. The predicted molar refractivity (Wildman–Crippen MR) is 80.3 cm³/mol. The van der Waals surface area contributed by atoms with Gasteiger partial charge in [0, 0.05) is 0 Å². The first kappa shape index (κ1) is 15.4. The summed E-state index contributed by atoms with van der Waals surface area (Å²) in [6.45, 7) is 2.31. The van der Waals surface area contributed by atoms with Crippen LogP contribution in [0.15, 0.2) is 48.5 Å². The zero-order chi connectivity index (χ0) is 15.1. The average Bonchev–Trinajstić information content (AvgIpc) is 2.53. The van der Waals surface area contributed by atoms with E-state index in [1.54, 1.807) is 6.07 Å². The highest BCUT2D eigenvalue weighted by molar-refractivity contribution is 5.29. The number of ether oxygens (including phenoxy) is 2. The summed E-state index contributed by atoms with van der Waals surface area (Å²) in [5.74, 6) is 1.42. The van der Waals surface area contributed by atoms with Crippen molar-refractivity contribution < 1.29 is 19.7 Å². The van der Waals surface area contributed by atoms with Gasteiger partial charge in [0.2, 0.25) is 0 Å². The van der Waals surface area contributed by atoms with Crippen LogP contribution in [0.5, 0.6) is 11.5 Å². The molecule has 4 nitrogen and oxygen atoms in total. The van der Waals surface area contributed by atoms with Gasteiger partial charge in [-0.1, -0.05) is 24.3 Å². The molecule has 0 aromatic heterocycles. The summed E-state index contributed by atoms with van der Waals surface area (Å²) in [4.78, 5) is 0. The minimum Gasteiger partial charge on any atom is -0.490 e. The summed E-state index contributed by atoms with van der Waals surface area (Å²) in [5.41, 5.74) is 1.63. The molecular weight excluding hydrogens is 268 g/mol. The van der Waals surface area contributed by atoms with Crippen LogP contribution in [0.4, 0.5) is 0 Å². The molecule has 0 spiro atoms. The van der Waals surface area contributed by atoms with Crippen molar-refractivity contribution in [1.82, 2.24) is 0 Å². The fraction of sp³-hybridized carbons (Fsp3) is 0.294. The van der Waals surface area contributed by atoms with Gasteiger partial charge in [-0.25, -0.2) is 0 Å². The Labute approximate surface area is 124 Å². The van der Waals surface area contributed by atoms with Gasteiger partial charge in [-0.05, 0) is 42.3 Å².